The standard InChI is InChI=1S/C52H34N2O/c1-3-13-35(14-4-1)38-16-11-19-42(33-38)53(48-24-12-22-45-44-21-9-10-23-47(44)54(52(45)48)40-17-5-2-6-18-40)41-29-25-36(26-30-41)39-28-31-49-46(34-39)51-43-20-8-7-15-37(43)27-32-50(51)55-49/h1-34H. The van der Waals surface area contributed by atoms with Gasteiger partial charge in [-0.05, 0) is 99.8 Å². The summed E-state index contributed by atoms with van der Waals surface area (Å²) in [7, 11) is 0. The Labute approximate surface area is 318 Å². The minimum absolute atomic E-state index is 0.901. The molecule has 2 aromatic heterocycles. The first-order chi connectivity index (χ1) is 27.3. The highest BCUT2D eigenvalue weighted by Crippen LogP contribution is 2.45. The Morgan fingerprint density at radius 3 is 1.87 bits per heavy atom. The van der Waals surface area contributed by atoms with Gasteiger partial charge in [-0.2, -0.15) is 0 Å². The fraction of sp³-hybridized carbons (Fsp3) is 0. The number of hydrogen-bond acceptors (Lipinski definition) is 2. The van der Waals surface area contributed by atoms with Crippen LogP contribution < -0.4 is 4.90 Å². The van der Waals surface area contributed by atoms with Gasteiger partial charge in [-0.3, -0.25) is 0 Å². The summed E-state index contributed by atoms with van der Waals surface area (Å²) in [4.78, 5) is 2.41. The number of nitrogens with zero attached hydrogens (tertiary/aromatic N) is 2. The summed E-state index contributed by atoms with van der Waals surface area (Å²) in [6.07, 6.45) is 0. The van der Waals surface area contributed by atoms with Gasteiger partial charge in [-0.15, -0.1) is 0 Å². The molecule has 0 radical (unpaired) electrons. The Kier molecular flexibility index (Phi) is 7.17. The zero-order valence-corrected chi connectivity index (χ0v) is 29.9. The minimum Gasteiger partial charge on any atom is -0.456 e. The van der Waals surface area contributed by atoms with E-state index in [1.165, 1.54) is 38.2 Å². The molecule has 258 valence electrons. The molecule has 9 aromatic carbocycles. The van der Waals surface area contributed by atoms with E-state index in [9.17, 15) is 0 Å². The van der Waals surface area contributed by atoms with Gasteiger partial charge in [0.1, 0.15) is 11.2 Å². The van der Waals surface area contributed by atoms with Crippen LogP contribution in [-0.2, 0) is 0 Å². The summed E-state index contributed by atoms with van der Waals surface area (Å²) in [5, 5.41) is 7.16. The SMILES string of the molecule is c1ccc(-c2cccc(N(c3ccc(-c4ccc5oc6ccc7ccccc7c6c5c4)cc3)c3cccc4c5ccccc5n(-c5ccccc5)c34)c2)cc1. The first-order valence-electron chi connectivity index (χ1n) is 18.8. The van der Waals surface area contributed by atoms with Gasteiger partial charge in [0.25, 0.3) is 0 Å². The average molecular weight is 703 g/mol. The van der Waals surface area contributed by atoms with Gasteiger partial charge in [0, 0.05) is 38.6 Å². The number of benzene rings is 9. The minimum atomic E-state index is 0.901. The lowest BCUT2D eigenvalue weighted by Gasteiger charge is -2.28. The van der Waals surface area contributed by atoms with E-state index in [-0.39, 0.29) is 0 Å². The molecule has 11 rings (SSSR count). The Morgan fingerprint density at radius 2 is 1.02 bits per heavy atom. The fourth-order valence-corrected chi connectivity index (χ4v) is 8.44. The van der Waals surface area contributed by atoms with Crippen molar-refractivity contribution in [1.29, 1.82) is 0 Å². The third-order valence-corrected chi connectivity index (χ3v) is 11.0. The Hall–Kier alpha value is -7.36. The molecule has 0 amide bonds. The van der Waals surface area contributed by atoms with E-state index in [2.05, 4.69) is 216 Å². The summed E-state index contributed by atoms with van der Waals surface area (Å²) in [5.41, 5.74) is 13.2. The molecule has 0 unspecified atom stereocenters. The normalized spacial score (nSPS) is 11.6. The summed E-state index contributed by atoms with van der Waals surface area (Å²) in [6.45, 7) is 0. The van der Waals surface area contributed by atoms with Crippen molar-refractivity contribution in [2.24, 2.45) is 0 Å². The molecule has 0 N–H and O–H groups in total. The lowest BCUT2D eigenvalue weighted by atomic mass is 9.99. The lowest BCUT2D eigenvalue weighted by Crippen LogP contribution is -2.11. The second-order valence-corrected chi connectivity index (χ2v) is 14.1. The molecule has 0 saturated heterocycles. The van der Waals surface area contributed by atoms with Gasteiger partial charge in [-0.1, -0.05) is 140 Å². The summed E-state index contributed by atoms with van der Waals surface area (Å²) >= 11 is 0. The van der Waals surface area contributed by atoms with Gasteiger partial charge >= 0.3 is 0 Å². The predicted molar refractivity (Wildman–Crippen MR) is 231 cm³/mol. The van der Waals surface area contributed by atoms with Crippen LogP contribution in [0.4, 0.5) is 17.1 Å². The van der Waals surface area contributed by atoms with E-state index in [1.807, 2.05) is 0 Å². The Bertz CT molecular complexity index is 3190. The number of para-hydroxylation sites is 3. The van der Waals surface area contributed by atoms with E-state index >= 15 is 0 Å². The van der Waals surface area contributed by atoms with Crippen molar-refractivity contribution in [3.05, 3.63) is 206 Å². The van der Waals surface area contributed by atoms with Crippen molar-refractivity contribution in [3.63, 3.8) is 0 Å². The quantitative estimate of drug-likeness (QED) is 0.172. The van der Waals surface area contributed by atoms with Gasteiger partial charge in [-0.25, -0.2) is 0 Å². The smallest absolute Gasteiger partial charge is 0.136 e. The Morgan fingerprint density at radius 1 is 0.382 bits per heavy atom. The van der Waals surface area contributed by atoms with Crippen LogP contribution in [-0.4, -0.2) is 4.57 Å². The van der Waals surface area contributed by atoms with Crippen LogP contribution in [0.5, 0.6) is 0 Å². The molecule has 0 atom stereocenters. The van der Waals surface area contributed by atoms with Crippen LogP contribution in [0.1, 0.15) is 0 Å². The molecule has 0 bridgehead atoms. The number of fused-ring (bicyclic) bond motifs is 8. The molecule has 0 aliphatic heterocycles. The number of hydrogen-bond donors (Lipinski definition) is 0. The summed E-state index contributed by atoms with van der Waals surface area (Å²) in [6, 6.07) is 74.0. The van der Waals surface area contributed by atoms with Crippen molar-refractivity contribution >= 4 is 71.6 Å². The molecule has 55 heavy (non-hydrogen) atoms. The average Bonchev–Trinajstić information content (AvgIpc) is 3.81. The molecular weight excluding hydrogens is 669 g/mol. The number of anilines is 3. The zero-order chi connectivity index (χ0) is 36.3. The van der Waals surface area contributed by atoms with Crippen molar-refractivity contribution in [1.82, 2.24) is 4.57 Å². The highest BCUT2D eigenvalue weighted by molar-refractivity contribution is 6.19. The van der Waals surface area contributed by atoms with Crippen LogP contribution in [0.15, 0.2) is 211 Å². The highest BCUT2D eigenvalue weighted by Gasteiger charge is 2.22. The largest absolute Gasteiger partial charge is 0.456 e. The Balaban J connectivity index is 1.11. The first-order valence-corrected chi connectivity index (χ1v) is 18.8. The molecule has 0 saturated carbocycles. The van der Waals surface area contributed by atoms with Gasteiger partial charge in [0.05, 0.1) is 16.7 Å². The maximum absolute atomic E-state index is 6.33. The second kappa shape index (κ2) is 12.6. The lowest BCUT2D eigenvalue weighted by molar-refractivity contribution is 0.669. The molecule has 0 fully saturated rings. The van der Waals surface area contributed by atoms with Crippen LogP contribution in [0.2, 0.25) is 0 Å². The molecule has 3 heteroatoms. The number of aromatic nitrogens is 1. The molecule has 0 aliphatic carbocycles. The van der Waals surface area contributed by atoms with Crippen LogP contribution >= 0.6 is 0 Å². The van der Waals surface area contributed by atoms with Crippen LogP contribution in [0, 0.1) is 0 Å². The van der Waals surface area contributed by atoms with E-state index in [1.54, 1.807) is 0 Å². The molecule has 0 spiro atoms. The number of rotatable bonds is 6. The van der Waals surface area contributed by atoms with Crippen molar-refractivity contribution in [2.45, 2.75) is 0 Å². The van der Waals surface area contributed by atoms with Gasteiger partial charge in [0.15, 0.2) is 0 Å². The van der Waals surface area contributed by atoms with Gasteiger partial charge < -0.3 is 13.9 Å². The maximum atomic E-state index is 6.33. The summed E-state index contributed by atoms with van der Waals surface area (Å²) < 4.78 is 8.74. The van der Waals surface area contributed by atoms with E-state index in [0.29, 0.717) is 0 Å². The third-order valence-electron chi connectivity index (χ3n) is 11.0. The van der Waals surface area contributed by atoms with E-state index in [0.717, 1.165) is 61.3 Å². The van der Waals surface area contributed by atoms with E-state index < -0.39 is 0 Å². The molecule has 3 nitrogen and oxygen atoms in total. The van der Waals surface area contributed by atoms with Crippen molar-refractivity contribution < 1.29 is 4.42 Å². The topological polar surface area (TPSA) is 21.3 Å². The molecular formula is C52H34N2O. The first kappa shape index (κ1) is 31.2. The van der Waals surface area contributed by atoms with Crippen molar-refractivity contribution in [2.75, 3.05) is 4.90 Å². The third kappa shape index (κ3) is 5.13. The molecule has 0 aliphatic rings. The number of furan rings is 1. The van der Waals surface area contributed by atoms with E-state index in [4.69, 9.17) is 4.42 Å². The second-order valence-electron chi connectivity index (χ2n) is 14.1. The molecule has 11 aromatic rings. The highest BCUT2D eigenvalue weighted by atomic mass is 16.3. The zero-order valence-electron chi connectivity index (χ0n) is 29.9. The fourth-order valence-electron chi connectivity index (χ4n) is 8.44. The summed E-state index contributed by atoms with van der Waals surface area (Å²) in [5.74, 6) is 0. The van der Waals surface area contributed by atoms with Crippen molar-refractivity contribution in [3.8, 4) is 27.9 Å². The van der Waals surface area contributed by atoms with Crippen LogP contribution in [0.25, 0.3) is 82.5 Å². The van der Waals surface area contributed by atoms with Crippen LogP contribution in [0.3, 0.4) is 0 Å². The molecule has 2 heterocycles. The maximum Gasteiger partial charge on any atom is 0.136 e. The predicted octanol–water partition coefficient (Wildman–Crippen LogP) is 14.6. The van der Waals surface area contributed by atoms with Gasteiger partial charge in [0.2, 0.25) is 0 Å². The monoisotopic (exact) mass is 702 g/mol.